The van der Waals surface area contributed by atoms with Gasteiger partial charge in [0.15, 0.2) is 0 Å². The number of nitrogens with one attached hydrogen (secondary N) is 1. The molecular formula is C54H32N2O2S. The van der Waals surface area contributed by atoms with Gasteiger partial charge >= 0.3 is 0 Å². The fourth-order valence-electron chi connectivity index (χ4n) is 9.13. The second kappa shape index (κ2) is 12.4. The van der Waals surface area contributed by atoms with Gasteiger partial charge in [-0.25, -0.2) is 0 Å². The lowest BCUT2D eigenvalue weighted by Gasteiger charge is -2.26. The van der Waals surface area contributed by atoms with Crippen LogP contribution < -0.4 is 10.2 Å². The number of nitrogens with zero attached hydrogens (tertiary/aromatic N) is 1. The van der Waals surface area contributed by atoms with Gasteiger partial charge in [-0.1, -0.05) is 78.9 Å². The Kier molecular flexibility index (Phi) is 6.85. The van der Waals surface area contributed by atoms with Crippen molar-refractivity contribution in [2.24, 2.45) is 0 Å². The largest absolute Gasteiger partial charge is 0.455 e. The number of fused-ring (bicyclic) bond motifs is 14. The summed E-state index contributed by atoms with van der Waals surface area (Å²) < 4.78 is 16.1. The van der Waals surface area contributed by atoms with Crippen molar-refractivity contribution >= 4 is 136 Å². The number of hydrogen-bond donors (Lipinski definition) is 1. The van der Waals surface area contributed by atoms with E-state index in [1.165, 1.54) is 41.7 Å². The van der Waals surface area contributed by atoms with Crippen LogP contribution in [0.2, 0.25) is 0 Å². The minimum absolute atomic E-state index is 0.840. The summed E-state index contributed by atoms with van der Waals surface area (Å²) in [5.41, 5.74) is 8.64. The lowest BCUT2D eigenvalue weighted by Crippen LogP contribution is -2.09. The van der Waals surface area contributed by atoms with Gasteiger partial charge in [0, 0.05) is 93.1 Å². The van der Waals surface area contributed by atoms with Crippen LogP contribution >= 0.6 is 11.3 Å². The van der Waals surface area contributed by atoms with Gasteiger partial charge in [-0.3, -0.25) is 0 Å². The third-order valence-electron chi connectivity index (χ3n) is 12.0. The van der Waals surface area contributed by atoms with Crippen LogP contribution in [-0.2, 0) is 0 Å². The van der Waals surface area contributed by atoms with Crippen LogP contribution in [0.5, 0.6) is 0 Å². The van der Waals surface area contributed by atoms with E-state index in [0.717, 1.165) is 83.1 Å². The van der Waals surface area contributed by atoms with Gasteiger partial charge in [-0.05, 0) is 119 Å². The summed E-state index contributed by atoms with van der Waals surface area (Å²) in [4.78, 5) is 2.35. The first-order chi connectivity index (χ1) is 29.2. The maximum Gasteiger partial charge on any atom is 0.143 e. The first kappa shape index (κ1) is 32.5. The minimum atomic E-state index is 0.840. The summed E-state index contributed by atoms with van der Waals surface area (Å²) in [7, 11) is 0. The Hall–Kier alpha value is -7.60. The smallest absolute Gasteiger partial charge is 0.143 e. The molecule has 0 spiro atoms. The molecule has 0 fully saturated rings. The Morgan fingerprint density at radius 3 is 1.59 bits per heavy atom. The zero-order valence-corrected chi connectivity index (χ0v) is 32.4. The minimum Gasteiger partial charge on any atom is -0.455 e. The summed E-state index contributed by atoms with van der Waals surface area (Å²) >= 11 is 1.84. The third kappa shape index (κ3) is 5.08. The van der Waals surface area contributed by atoms with Crippen molar-refractivity contribution < 1.29 is 8.83 Å². The molecule has 0 amide bonds. The number of anilines is 5. The van der Waals surface area contributed by atoms with Crippen molar-refractivity contribution in [3.63, 3.8) is 0 Å². The van der Waals surface area contributed by atoms with E-state index < -0.39 is 0 Å². The van der Waals surface area contributed by atoms with Crippen molar-refractivity contribution in [1.29, 1.82) is 0 Å². The molecule has 0 unspecified atom stereocenters. The highest BCUT2D eigenvalue weighted by Gasteiger charge is 2.20. The number of thiophene rings is 1. The SMILES string of the molecule is c1ccc2cc(Nc3ccc4c(c3)oc3c4ccc4c3ccc3c5ccc(N(c6ccc7ccccc7c6)c6ccc7sc8ccccc8c7c6)cc5oc34)ccc2c1. The van der Waals surface area contributed by atoms with Crippen LogP contribution in [0, 0.1) is 0 Å². The van der Waals surface area contributed by atoms with Crippen LogP contribution in [0.3, 0.4) is 0 Å². The maximum absolute atomic E-state index is 6.88. The Bertz CT molecular complexity index is 3850. The standard InChI is InChI=1S/C54H32N2O2S/c1-3-9-34-27-36(15-13-32(34)7-1)55-37-16-20-41-44-22-24-47-46(53(44)57-49(41)29-37)25-23-45-42-21-18-40(31-50(42)58-54(45)47)56(38-17-14-33-8-2-4-10-35(33)28-38)39-19-26-52-48(30-39)43-11-5-6-12-51(43)59-52/h1-31,55H. The van der Waals surface area contributed by atoms with Gasteiger partial charge in [0.2, 0.25) is 0 Å². The monoisotopic (exact) mass is 772 g/mol. The molecule has 276 valence electrons. The van der Waals surface area contributed by atoms with E-state index in [0.29, 0.717) is 0 Å². The Balaban J connectivity index is 0.933. The summed E-state index contributed by atoms with van der Waals surface area (Å²) in [6.45, 7) is 0. The molecule has 0 bridgehead atoms. The topological polar surface area (TPSA) is 41.6 Å². The highest BCUT2D eigenvalue weighted by molar-refractivity contribution is 7.25. The second-order valence-corrected chi connectivity index (χ2v) is 16.5. The fourth-order valence-corrected chi connectivity index (χ4v) is 10.2. The number of hydrogen-bond acceptors (Lipinski definition) is 5. The summed E-state index contributed by atoms with van der Waals surface area (Å²) in [6, 6.07) is 67.3. The summed E-state index contributed by atoms with van der Waals surface area (Å²) in [5.74, 6) is 0. The molecule has 3 heterocycles. The summed E-state index contributed by atoms with van der Waals surface area (Å²) in [5, 5.41) is 17.4. The van der Waals surface area contributed by atoms with Crippen LogP contribution in [-0.4, -0.2) is 0 Å². The third-order valence-corrected chi connectivity index (χ3v) is 13.1. The summed E-state index contributed by atoms with van der Waals surface area (Å²) in [6.07, 6.45) is 0. The van der Waals surface area contributed by atoms with Crippen molar-refractivity contribution in [1.82, 2.24) is 0 Å². The highest BCUT2D eigenvalue weighted by Crippen LogP contribution is 2.45. The van der Waals surface area contributed by atoms with E-state index >= 15 is 0 Å². The molecule has 13 aromatic rings. The molecule has 59 heavy (non-hydrogen) atoms. The second-order valence-electron chi connectivity index (χ2n) is 15.4. The Labute approximate surface area is 341 Å². The Morgan fingerprint density at radius 2 is 0.831 bits per heavy atom. The van der Waals surface area contributed by atoms with Gasteiger partial charge in [0.1, 0.15) is 22.3 Å². The average molecular weight is 773 g/mol. The van der Waals surface area contributed by atoms with Gasteiger partial charge in [0.25, 0.3) is 0 Å². The van der Waals surface area contributed by atoms with Crippen LogP contribution in [0.15, 0.2) is 197 Å². The first-order valence-electron chi connectivity index (χ1n) is 19.9. The maximum atomic E-state index is 6.88. The van der Waals surface area contributed by atoms with Crippen LogP contribution in [0.1, 0.15) is 0 Å². The van der Waals surface area contributed by atoms with Crippen LogP contribution in [0.4, 0.5) is 28.4 Å². The number of rotatable bonds is 5. The van der Waals surface area contributed by atoms with Gasteiger partial charge < -0.3 is 19.1 Å². The molecule has 0 aliphatic rings. The van der Waals surface area contributed by atoms with Crippen molar-refractivity contribution in [3.8, 4) is 0 Å². The zero-order valence-electron chi connectivity index (χ0n) is 31.6. The first-order valence-corrected chi connectivity index (χ1v) is 20.7. The van der Waals surface area contributed by atoms with Crippen LogP contribution in [0.25, 0.3) is 96.4 Å². The molecular weight excluding hydrogens is 741 g/mol. The molecule has 5 heteroatoms. The van der Waals surface area contributed by atoms with E-state index in [4.69, 9.17) is 8.83 Å². The molecule has 13 rings (SSSR count). The lowest BCUT2D eigenvalue weighted by atomic mass is 10.0. The molecule has 0 saturated heterocycles. The van der Waals surface area contributed by atoms with Gasteiger partial charge in [0.05, 0.1) is 0 Å². The molecule has 0 atom stereocenters. The van der Waals surface area contributed by atoms with Crippen molar-refractivity contribution in [2.75, 3.05) is 10.2 Å². The molecule has 0 aliphatic carbocycles. The van der Waals surface area contributed by atoms with Crippen molar-refractivity contribution in [3.05, 3.63) is 188 Å². The van der Waals surface area contributed by atoms with E-state index in [1.807, 2.05) is 11.3 Å². The molecule has 4 nitrogen and oxygen atoms in total. The predicted octanol–water partition coefficient (Wildman–Crippen LogP) is 16.5. The number of furan rings is 2. The molecule has 3 aromatic heterocycles. The normalized spacial score (nSPS) is 12.1. The molecule has 1 N–H and O–H groups in total. The molecule has 0 aliphatic heterocycles. The average Bonchev–Trinajstić information content (AvgIpc) is 3.97. The highest BCUT2D eigenvalue weighted by atomic mass is 32.1. The van der Waals surface area contributed by atoms with E-state index in [1.54, 1.807) is 0 Å². The molecule has 0 radical (unpaired) electrons. The molecule has 10 aromatic carbocycles. The molecule has 0 saturated carbocycles. The fraction of sp³-hybridized carbons (Fsp3) is 0. The van der Waals surface area contributed by atoms with E-state index in [-0.39, 0.29) is 0 Å². The van der Waals surface area contributed by atoms with E-state index in [2.05, 4.69) is 198 Å². The lowest BCUT2D eigenvalue weighted by molar-refractivity contribution is 0.669. The quantitative estimate of drug-likeness (QED) is 0.189. The Morgan fingerprint density at radius 1 is 0.339 bits per heavy atom. The van der Waals surface area contributed by atoms with Crippen molar-refractivity contribution in [2.45, 2.75) is 0 Å². The predicted molar refractivity (Wildman–Crippen MR) is 251 cm³/mol. The number of benzene rings is 10. The van der Waals surface area contributed by atoms with Gasteiger partial charge in [-0.2, -0.15) is 0 Å². The zero-order chi connectivity index (χ0) is 38.6. The van der Waals surface area contributed by atoms with Gasteiger partial charge in [-0.15, -0.1) is 11.3 Å². The van der Waals surface area contributed by atoms with E-state index in [9.17, 15) is 0 Å².